The number of aromatic nitrogens is 1. The first-order chi connectivity index (χ1) is 15.9. The second-order valence-corrected chi connectivity index (χ2v) is 8.84. The zero-order chi connectivity index (χ0) is 24.1. The van der Waals surface area contributed by atoms with Crippen molar-refractivity contribution in [3.05, 3.63) is 69.2 Å². The standard InChI is InChI=1S/C22H17Cl3N4S2.CH5N/c23-13-1-3-14(4-2-13)29(22(26)31)15-7-12(5-6-27-11-30)21-17(8-15)16-9-18(24)19(25)10-20(16)28-21;1-2/h1-4,7-11,28H,5-6H2,(H2,26,31)(H,27,30);2H2,1H3. The van der Waals surface area contributed by atoms with Gasteiger partial charge in [-0.15, -0.1) is 0 Å². The molecule has 0 unspecified atom stereocenters. The van der Waals surface area contributed by atoms with Crippen LogP contribution < -0.4 is 21.7 Å². The van der Waals surface area contributed by atoms with Crippen LogP contribution in [-0.4, -0.2) is 29.2 Å². The highest BCUT2D eigenvalue weighted by Gasteiger charge is 2.18. The molecule has 0 saturated carbocycles. The SMILES string of the molecule is CN.NC(=S)N(c1ccc(Cl)cc1)c1cc(CCNC=S)c2[nH]c3cc(Cl)c(Cl)cc3c2c1. The molecule has 0 saturated heterocycles. The molecular weight excluding hydrogens is 517 g/mol. The molecule has 0 fully saturated rings. The maximum Gasteiger partial charge on any atom is 0.175 e. The van der Waals surface area contributed by atoms with Crippen LogP contribution in [0, 0.1) is 0 Å². The Balaban J connectivity index is 0.00000149. The number of nitrogens with zero attached hydrogens (tertiary/aromatic N) is 1. The van der Waals surface area contributed by atoms with Crippen molar-refractivity contribution >= 4 is 103 Å². The van der Waals surface area contributed by atoms with E-state index in [1.807, 2.05) is 35.2 Å². The van der Waals surface area contributed by atoms with Gasteiger partial charge in [0.1, 0.15) is 0 Å². The first-order valence-corrected chi connectivity index (χ1v) is 11.9. The summed E-state index contributed by atoms with van der Waals surface area (Å²) in [6.07, 6.45) is 0.734. The Bertz CT molecular complexity index is 1310. The van der Waals surface area contributed by atoms with Gasteiger partial charge in [0.25, 0.3) is 0 Å². The van der Waals surface area contributed by atoms with Gasteiger partial charge in [-0.2, -0.15) is 0 Å². The van der Waals surface area contributed by atoms with Gasteiger partial charge in [0, 0.05) is 44.7 Å². The predicted molar refractivity (Wildman–Crippen MR) is 152 cm³/mol. The van der Waals surface area contributed by atoms with E-state index in [2.05, 4.69) is 22.1 Å². The number of hydrogen-bond acceptors (Lipinski definition) is 3. The molecule has 3 aromatic carbocycles. The molecule has 0 aliphatic heterocycles. The number of H-pyrrole nitrogens is 1. The number of aromatic amines is 1. The van der Waals surface area contributed by atoms with Gasteiger partial charge in [-0.25, -0.2) is 0 Å². The highest BCUT2D eigenvalue weighted by Crippen LogP contribution is 2.38. The molecule has 0 atom stereocenters. The van der Waals surface area contributed by atoms with E-state index in [1.54, 1.807) is 12.1 Å². The molecule has 0 spiro atoms. The second-order valence-electron chi connectivity index (χ2n) is 6.94. The fraction of sp³-hybridized carbons (Fsp3) is 0.130. The zero-order valence-electron chi connectivity index (χ0n) is 17.7. The molecule has 172 valence electrons. The molecule has 1 heterocycles. The first-order valence-electron chi connectivity index (χ1n) is 9.92. The summed E-state index contributed by atoms with van der Waals surface area (Å²) in [5, 5.41) is 6.90. The van der Waals surface area contributed by atoms with E-state index in [-0.39, 0.29) is 5.11 Å². The molecule has 4 aromatic rings. The lowest BCUT2D eigenvalue weighted by molar-refractivity contribution is 0.890. The Morgan fingerprint density at radius 1 is 1.00 bits per heavy atom. The van der Waals surface area contributed by atoms with Crippen LogP contribution in [0.3, 0.4) is 0 Å². The molecule has 5 nitrogen and oxygen atoms in total. The predicted octanol–water partition coefficient (Wildman–Crippen LogP) is 6.33. The van der Waals surface area contributed by atoms with E-state index < -0.39 is 0 Å². The van der Waals surface area contributed by atoms with E-state index >= 15 is 0 Å². The third-order valence-electron chi connectivity index (χ3n) is 5.00. The van der Waals surface area contributed by atoms with Gasteiger partial charge in [0.15, 0.2) is 5.11 Å². The largest absolute Gasteiger partial charge is 0.382 e. The van der Waals surface area contributed by atoms with Crippen LogP contribution in [0.1, 0.15) is 5.56 Å². The summed E-state index contributed by atoms with van der Waals surface area (Å²) < 4.78 is 0. The van der Waals surface area contributed by atoms with E-state index in [0.29, 0.717) is 21.6 Å². The fourth-order valence-corrected chi connectivity index (χ4v) is 4.42. The van der Waals surface area contributed by atoms with Crippen LogP contribution in [0.15, 0.2) is 48.5 Å². The lowest BCUT2D eigenvalue weighted by atomic mass is 10.0. The Morgan fingerprint density at radius 3 is 2.30 bits per heavy atom. The summed E-state index contributed by atoms with van der Waals surface area (Å²) in [5.74, 6) is 0. The highest BCUT2D eigenvalue weighted by molar-refractivity contribution is 7.80. The summed E-state index contributed by atoms with van der Waals surface area (Å²) >= 11 is 28.9. The third kappa shape index (κ3) is 5.51. The summed E-state index contributed by atoms with van der Waals surface area (Å²) in [5.41, 5.74) is 16.8. The number of halogens is 3. The van der Waals surface area contributed by atoms with E-state index in [9.17, 15) is 0 Å². The van der Waals surface area contributed by atoms with Crippen LogP contribution in [0.4, 0.5) is 11.4 Å². The molecule has 33 heavy (non-hydrogen) atoms. The van der Waals surface area contributed by atoms with Crippen molar-refractivity contribution in [2.45, 2.75) is 6.42 Å². The highest BCUT2D eigenvalue weighted by atomic mass is 35.5. The smallest absolute Gasteiger partial charge is 0.175 e. The Morgan fingerprint density at radius 2 is 1.67 bits per heavy atom. The molecule has 0 bridgehead atoms. The van der Waals surface area contributed by atoms with Crippen molar-refractivity contribution in [3.8, 4) is 0 Å². The normalized spacial score (nSPS) is 10.6. The maximum absolute atomic E-state index is 6.32. The van der Waals surface area contributed by atoms with Gasteiger partial charge in [-0.05, 0) is 79.8 Å². The molecule has 0 amide bonds. The summed E-state index contributed by atoms with van der Waals surface area (Å²) in [6.45, 7) is 0.687. The van der Waals surface area contributed by atoms with Crippen LogP contribution in [0.2, 0.25) is 15.1 Å². The van der Waals surface area contributed by atoms with Crippen LogP contribution in [-0.2, 0) is 6.42 Å². The average molecular weight is 539 g/mol. The van der Waals surface area contributed by atoms with Gasteiger partial charge in [0.2, 0.25) is 0 Å². The average Bonchev–Trinajstić information content (AvgIpc) is 3.14. The maximum atomic E-state index is 6.32. The molecule has 0 aliphatic rings. The van der Waals surface area contributed by atoms with E-state index in [1.165, 1.54) is 12.5 Å². The second kappa shape index (κ2) is 11.3. The van der Waals surface area contributed by atoms with Crippen molar-refractivity contribution < 1.29 is 0 Å². The number of benzene rings is 3. The zero-order valence-corrected chi connectivity index (χ0v) is 21.6. The van der Waals surface area contributed by atoms with E-state index in [0.717, 1.165) is 45.2 Å². The molecule has 4 rings (SSSR count). The number of nitrogens with one attached hydrogen (secondary N) is 2. The number of fused-ring (bicyclic) bond motifs is 3. The minimum Gasteiger partial charge on any atom is -0.382 e. The van der Waals surface area contributed by atoms with Gasteiger partial charge in [0.05, 0.1) is 15.5 Å². The molecule has 1 aromatic heterocycles. The summed E-state index contributed by atoms with van der Waals surface area (Å²) in [7, 11) is 1.50. The Kier molecular flexibility index (Phi) is 8.75. The van der Waals surface area contributed by atoms with Gasteiger partial charge >= 0.3 is 0 Å². The molecule has 0 aliphatic carbocycles. The molecule has 10 heteroatoms. The topological polar surface area (TPSA) is 83.1 Å². The molecular formula is C23H22Cl3N5S2. The van der Waals surface area contributed by atoms with Crippen molar-refractivity contribution in [3.63, 3.8) is 0 Å². The summed E-state index contributed by atoms with van der Waals surface area (Å²) in [4.78, 5) is 5.29. The molecule has 6 N–H and O–H groups in total. The van der Waals surface area contributed by atoms with Crippen LogP contribution >= 0.6 is 59.2 Å². The quantitative estimate of drug-likeness (QED) is 0.170. The number of nitrogens with two attached hydrogens (primary N) is 2. The number of rotatable bonds is 6. The first kappa shape index (κ1) is 25.5. The molecule has 0 radical (unpaired) electrons. The van der Waals surface area contributed by atoms with Gasteiger partial charge < -0.3 is 21.8 Å². The van der Waals surface area contributed by atoms with Gasteiger partial charge in [-0.3, -0.25) is 4.90 Å². The minimum atomic E-state index is 0.227. The van der Waals surface area contributed by atoms with Crippen molar-refractivity contribution in [1.29, 1.82) is 0 Å². The third-order valence-corrected chi connectivity index (χ3v) is 6.32. The number of thiocarbonyl (C=S) groups is 2. The van der Waals surface area contributed by atoms with Crippen LogP contribution in [0.25, 0.3) is 21.8 Å². The fourth-order valence-electron chi connectivity index (χ4n) is 3.64. The van der Waals surface area contributed by atoms with Crippen molar-refractivity contribution in [2.75, 3.05) is 18.5 Å². The van der Waals surface area contributed by atoms with E-state index in [4.69, 9.17) is 65.0 Å². The van der Waals surface area contributed by atoms with Crippen molar-refractivity contribution in [2.24, 2.45) is 11.5 Å². The lowest BCUT2D eigenvalue weighted by Crippen LogP contribution is -2.31. The lowest BCUT2D eigenvalue weighted by Gasteiger charge is -2.24. The minimum absolute atomic E-state index is 0.227. The van der Waals surface area contributed by atoms with Crippen molar-refractivity contribution in [1.82, 2.24) is 10.3 Å². The Labute approximate surface area is 218 Å². The van der Waals surface area contributed by atoms with Gasteiger partial charge in [-0.1, -0.05) is 47.0 Å². The monoisotopic (exact) mass is 537 g/mol. The summed E-state index contributed by atoms with van der Waals surface area (Å²) in [6, 6.07) is 15.2. The van der Waals surface area contributed by atoms with Crippen LogP contribution in [0.5, 0.6) is 0 Å². The number of anilines is 2. The number of hydrogen-bond donors (Lipinski definition) is 4. The Hall–Kier alpha value is -2.13.